The number of nitrogen functional groups attached to an aromatic ring is 1. The van der Waals surface area contributed by atoms with Crippen molar-refractivity contribution in [3.05, 3.63) is 41.3 Å². The van der Waals surface area contributed by atoms with Crippen LogP contribution in [-0.4, -0.2) is 10.8 Å². The van der Waals surface area contributed by atoms with E-state index in [0.717, 1.165) is 6.07 Å². The highest BCUT2D eigenvalue weighted by atomic mass is 19.2. The summed E-state index contributed by atoms with van der Waals surface area (Å²) in [5.41, 5.74) is 4.82. The number of halogens is 3. The summed E-state index contributed by atoms with van der Waals surface area (Å²) in [5, 5.41) is 7.21. The molecule has 0 saturated heterocycles. The van der Waals surface area contributed by atoms with Crippen molar-refractivity contribution < 1.29 is 13.2 Å². The van der Waals surface area contributed by atoms with Crippen LogP contribution in [0.3, 0.4) is 0 Å². The van der Waals surface area contributed by atoms with E-state index in [4.69, 9.17) is 11.1 Å². The van der Waals surface area contributed by atoms with Gasteiger partial charge >= 0.3 is 0 Å². The van der Waals surface area contributed by atoms with Crippen LogP contribution < -0.4 is 5.73 Å². The third-order valence-corrected chi connectivity index (χ3v) is 2.09. The molecule has 0 aliphatic rings. The Bertz CT molecular complexity index is 595. The molecule has 1 aromatic heterocycles. The van der Waals surface area contributed by atoms with Gasteiger partial charge in [0, 0.05) is 5.39 Å². The predicted octanol–water partition coefficient (Wildman–Crippen LogP) is 1.94. The highest BCUT2D eigenvalue weighted by Crippen LogP contribution is 2.21. The standard InChI is InChI=1S/C10H6F3N3/c11-5-3-4-1-2-6(10(14)15)16-9(4)8(13)7(5)12/h1-3H,(H3,14,15). The van der Waals surface area contributed by atoms with E-state index in [0.29, 0.717) is 0 Å². The van der Waals surface area contributed by atoms with Gasteiger partial charge < -0.3 is 5.73 Å². The van der Waals surface area contributed by atoms with Crippen LogP contribution in [0.2, 0.25) is 0 Å². The number of rotatable bonds is 1. The Morgan fingerprint density at radius 2 is 1.88 bits per heavy atom. The topological polar surface area (TPSA) is 62.8 Å². The maximum absolute atomic E-state index is 13.3. The Hall–Kier alpha value is -2.11. The van der Waals surface area contributed by atoms with Crippen molar-refractivity contribution >= 4 is 16.7 Å². The molecular weight excluding hydrogens is 219 g/mol. The molecule has 0 spiro atoms. The van der Waals surface area contributed by atoms with E-state index in [2.05, 4.69) is 4.98 Å². The SMILES string of the molecule is N=C(N)c1ccc2cc(F)c(F)c(F)c2n1. The van der Waals surface area contributed by atoms with Crippen molar-refractivity contribution in [2.24, 2.45) is 5.73 Å². The van der Waals surface area contributed by atoms with Crippen molar-refractivity contribution in [2.45, 2.75) is 0 Å². The molecule has 2 aromatic rings. The first-order valence-corrected chi connectivity index (χ1v) is 4.29. The molecule has 0 aliphatic heterocycles. The first kappa shape index (κ1) is 10.4. The maximum atomic E-state index is 13.3. The predicted molar refractivity (Wildman–Crippen MR) is 52.6 cm³/mol. The number of nitrogens with two attached hydrogens (primary N) is 1. The van der Waals surface area contributed by atoms with Crippen molar-refractivity contribution in [1.29, 1.82) is 5.41 Å². The Balaban J connectivity index is 2.82. The molecule has 0 atom stereocenters. The van der Waals surface area contributed by atoms with E-state index in [1.165, 1.54) is 12.1 Å². The van der Waals surface area contributed by atoms with Crippen LogP contribution in [0.25, 0.3) is 10.9 Å². The van der Waals surface area contributed by atoms with Gasteiger partial charge in [-0.1, -0.05) is 6.07 Å². The molecular formula is C10H6F3N3. The summed E-state index contributed by atoms with van der Waals surface area (Å²) in [6.07, 6.45) is 0. The molecule has 0 saturated carbocycles. The molecule has 16 heavy (non-hydrogen) atoms. The van der Waals surface area contributed by atoms with Gasteiger partial charge in [0.2, 0.25) is 0 Å². The van der Waals surface area contributed by atoms with Crippen LogP contribution in [0.4, 0.5) is 13.2 Å². The molecule has 0 amide bonds. The van der Waals surface area contributed by atoms with Crippen LogP contribution >= 0.6 is 0 Å². The molecule has 3 N–H and O–H groups in total. The van der Waals surface area contributed by atoms with Crippen molar-refractivity contribution in [2.75, 3.05) is 0 Å². The monoisotopic (exact) mass is 225 g/mol. The number of benzene rings is 1. The van der Waals surface area contributed by atoms with Gasteiger partial charge in [-0.15, -0.1) is 0 Å². The quantitative estimate of drug-likeness (QED) is 0.442. The molecule has 0 fully saturated rings. The van der Waals surface area contributed by atoms with Crippen LogP contribution in [-0.2, 0) is 0 Å². The van der Waals surface area contributed by atoms with Gasteiger partial charge in [-0.25, -0.2) is 18.2 Å². The summed E-state index contributed by atoms with van der Waals surface area (Å²) >= 11 is 0. The lowest BCUT2D eigenvalue weighted by molar-refractivity contribution is 0.452. The number of aromatic nitrogens is 1. The fourth-order valence-corrected chi connectivity index (χ4v) is 1.32. The summed E-state index contributed by atoms with van der Waals surface area (Å²) in [5.74, 6) is -4.60. The van der Waals surface area contributed by atoms with Crippen LogP contribution in [0.15, 0.2) is 18.2 Å². The molecule has 82 valence electrons. The van der Waals surface area contributed by atoms with Gasteiger partial charge in [-0.05, 0) is 12.1 Å². The molecule has 0 aliphatic carbocycles. The van der Waals surface area contributed by atoms with Gasteiger partial charge in [0.1, 0.15) is 17.0 Å². The molecule has 0 bridgehead atoms. The largest absolute Gasteiger partial charge is 0.382 e. The Labute approximate surface area is 88.2 Å². The third kappa shape index (κ3) is 1.48. The van der Waals surface area contributed by atoms with Crippen molar-refractivity contribution in [1.82, 2.24) is 4.98 Å². The van der Waals surface area contributed by atoms with E-state index in [1.54, 1.807) is 0 Å². The fourth-order valence-electron chi connectivity index (χ4n) is 1.32. The lowest BCUT2D eigenvalue weighted by Crippen LogP contribution is -2.13. The molecule has 0 unspecified atom stereocenters. The minimum absolute atomic E-state index is 0.0115. The van der Waals surface area contributed by atoms with E-state index >= 15 is 0 Å². The Kier molecular flexibility index (Phi) is 2.26. The zero-order valence-electron chi connectivity index (χ0n) is 7.89. The fraction of sp³-hybridized carbons (Fsp3) is 0. The number of pyridine rings is 1. The number of hydrogen-bond donors (Lipinski definition) is 2. The minimum Gasteiger partial charge on any atom is -0.382 e. The smallest absolute Gasteiger partial charge is 0.196 e. The highest BCUT2D eigenvalue weighted by molar-refractivity contribution is 5.95. The summed E-state index contributed by atoms with van der Waals surface area (Å²) in [6, 6.07) is 3.50. The number of amidine groups is 1. The number of nitrogens with one attached hydrogen (secondary N) is 1. The molecule has 0 radical (unpaired) electrons. The first-order chi connectivity index (χ1) is 7.50. The molecule has 2 rings (SSSR count). The minimum atomic E-state index is -1.58. The zero-order valence-corrected chi connectivity index (χ0v) is 7.89. The van der Waals surface area contributed by atoms with Gasteiger partial charge in [-0.2, -0.15) is 0 Å². The normalized spacial score (nSPS) is 10.7. The third-order valence-electron chi connectivity index (χ3n) is 2.09. The maximum Gasteiger partial charge on any atom is 0.196 e. The summed E-state index contributed by atoms with van der Waals surface area (Å²) in [7, 11) is 0. The van der Waals surface area contributed by atoms with Crippen molar-refractivity contribution in [3.8, 4) is 0 Å². The Morgan fingerprint density at radius 3 is 2.50 bits per heavy atom. The summed E-state index contributed by atoms with van der Waals surface area (Å²) in [4.78, 5) is 3.64. The number of fused-ring (bicyclic) bond motifs is 1. The molecule has 6 heteroatoms. The van der Waals surface area contributed by atoms with Gasteiger partial charge in [-0.3, -0.25) is 5.41 Å². The zero-order chi connectivity index (χ0) is 11.9. The highest BCUT2D eigenvalue weighted by Gasteiger charge is 2.15. The molecule has 1 aromatic carbocycles. The summed E-state index contributed by atoms with van der Waals surface area (Å²) in [6.45, 7) is 0. The average molecular weight is 225 g/mol. The van der Waals surface area contributed by atoms with E-state index in [1.807, 2.05) is 0 Å². The molecule has 1 heterocycles. The van der Waals surface area contributed by atoms with Gasteiger partial charge in [0.25, 0.3) is 0 Å². The first-order valence-electron chi connectivity index (χ1n) is 4.29. The average Bonchev–Trinajstić information content (AvgIpc) is 2.25. The second kappa shape index (κ2) is 3.48. The number of hydrogen-bond acceptors (Lipinski definition) is 2. The van der Waals surface area contributed by atoms with E-state index < -0.39 is 17.5 Å². The lowest BCUT2D eigenvalue weighted by Gasteiger charge is -2.03. The van der Waals surface area contributed by atoms with Crippen LogP contribution in [0.1, 0.15) is 5.69 Å². The second-order valence-corrected chi connectivity index (χ2v) is 3.17. The van der Waals surface area contributed by atoms with E-state index in [9.17, 15) is 13.2 Å². The second-order valence-electron chi connectivity index (χ2n) is 3.17. The van der Waals surface area contributed by atoms with Gasteiger partial charge in [0.05, 0.1) is 0 Å². The van der Waals surface area contributed by atoms with E-state index in [-0.39, 0.29) is 22.4 Å². The summed E-state index contributed by atoms with van der Waals surface area (Å²) < 4.78 is 39.1. The molecule has 3 nitrogen and oxygen atoms in total. The Morgan fingerprint density at radius 1 is 1.19 bits per heavy atom. The lowest BCUT2D eigenvalue weighted by atomic mass is 10.1. The van der Waals surface area contributed by atoms with Crippen LogP contribution in [0, 0.1) is 22.9 Å². The van der Waals surface area contributed by atoms with Crippen molar-refractivity contribution in [3.63, 3.8) is 0 Å². The van der Waals surface area contributed by atoms with Gasteiger partial charge in [0.15, 0.2) is 17.5 Å². The number of nitrogens with zero attached hydrogens (tertiary/aromatic N) is 1. The van der Waals surface area contributed by atoms with Crippen LogP contribution in [0.5, 0.6) is 0 Å².